The first-order valence-electron chi connectivity index (χ1n) is 4.22. The van der Waals surface area contributed by atoms with Gasteiger partial charge in [0.2, 0.25) is 0 Å². The van der Waals surface area contributed by atoms with E-state index in [2.05, 4.69) is 22.9 Å². The predicted octanol–water partition coefficient (Wildman–Crippen LogP) is 3.17. The molecule has 1 nitrogen and oxygen atoms in total. The summed E-state index contributed by atoms with van der Waals surface area (Å²) in [6, 6.07) is 0. The van der Waals surface area contributed by atoms with Crippen molar-refractivity contribution in [3.63, 3.8) is 0 Å². The van der Waals surface area contributed by atoms with Crippen LogP contribution in [0.5, 0.6) is 0 Å². The highest BCUT2D eigenvalue weighted by Crippen LogP contribution is 2.16. The van der Waals surface area contributed by atoms with Gasteiger partial charge in [0.25, 0.3) is 0 Å². The van der Waals surface area contributed by atoms with Gasteiger partial charge in [-0.1, -0.05) is 29.8 Å². The van der Waals surface area contributed by atoms with Gasteiger partial charge in [-0.25, -0.2) is 0 Å². The summed E-state index contributed by atoms with van der Waals surface area (Å²) in [6.45, 7) is 5.81. The molecule has 0 aliphatic heterocycles. The average molecular weight is 221 g/mol. The lowest BCUT2D eigenvalue weighted by atomic mass is 10.00. The standard InChI is InChI=1S/C9H17BrO/c1-4-9(10)6-5-7(2)8(3)11/h7,9H,4-6H2,1-3H3. The molecular formula is C9H17BrO. The fourth-order valence-corrected chi connectivity index (χ4v) is 1.10. The second-order valence-electron chi connectivity index (χ2n) is 3.09. The van der Waals surface area contributed by atoms with Crippen LogP contribution in [-0.4, -0.2) is 10.6 Å². The lowest BCUT2D eigenvalue weighted by Gasteiger charge is -2.09. The molecule has 0 aliphatic rings. The van der Waals surface area contributed by atoms with Gasteiger partial charge in [-0.15, -0.1) is 0 Å². The topological polar surface area (TPSA) is 17.1 Å². The minimum absolute atomic E-state index is 0.238. The predicted molar refractivity (Wildman–Crippen MR) is 52.1 cm³/mol. The molecule has 2 atom stereocenters. The van der Waals surface area contributed by atoms with Crippen LogP contribution in [-0.2, 0) is 4.79 Å². The average Bonchev–Trinajstić information content (AvgIpc) is 1.99. The van der Waals surface area contributed by atoms with Crippen LogP contribution < -0.4 is 0 Å². The Hall–Kier alpha value is 0.150. The molecular weight excluding hydrogens is 204 g/mol. The second-order valence-corrected chi connectivity index (χ2v) is 4.39. The van der Waals surface area contributed by atoms with Crippen LogP contribution in [0.4, 0.5) is 0 Å². The van der Waals surface area contributed by atoms with Crippen molar-refractivity contribution >= 4 is 21.7 Å². The fourth-order valence-electron chi connectivity index (χ4n) is 0.838. The molecule has 2 heteroatoms. The molecule has 0 saturated heterocycles. The van der Waals surface area contributed by atoms with Gasteiger partial charge in [-0.3, -0.25) is 4.79 Å². The third kappa shape index (κ3) is 5.42. The summed E-state index contributed by atoms with van der Waals surface area (Å²) in [7, 11) is 0. The van der Waals surface area contributed by atoms with Gasteiger partial charge in [-0.2, -0.15) is 0 Å². The summed E-state index contributed by atoms with van der Waals surface area (Å²) in [5.74, 6) is 0.544. The number of ketones is 1. The molecule has 0 heterocycles. The molecule has 0 radical (unpaired) electrons. The molecule has 0 bridgehead atoms. The lowest BCUT2D eigenvalue weighted by Crippen LogP contribution is -2.08. The van der Waals surface area contributed by atoms with E-state index in [9.17, 15) is 4.79 Å². The minimum Gasteiger partial charge on any atom is -0.300 e. The molecule has 0 aromatic heterocycles. The van der Waals surface area contributed by atoms with E-state index in [1.54, 1.807) is 6.92 Å². The van der Waals surface area contributed by atoms with Crippen LogP contribution in [0.2, 0.25) is 0 Å². The van der Waals surface area contributed by atoms with Crippen LogP contribution in [0.15, 0.2) is 0 Å². The monoisotopic (exact) mass is 220 g/mol. The number of halogens is 1. The van der Waals surface area contributed by atoms with Crippen LogP contribution in [0.25, 0.3) is 0 Å². The number of rotatable bonds is 5. The Kier molecular flexibility index (Phi) is 5.83. The van der Waals surface area contributed by atoms with Gasteiger partial charge < -0.3 is 0 Å². The van der Waals surface area contributed by atoms with Crippen molar-refractivity contribution in [2.24, 2.45) is 5.92 Å². The Morgan fingerprint density at radius 3 is 2.36 bits per heavy atom. The molecule has 66 valence electrons. The van der Waals surface area contributed by atoms with E-state index in [-0.39, 0.29) is 5.92 Å². The Morgan fingerprint density at radius 1 is 1.45 bits per heavy atom. The maximum absolute atomic E-state index is 10.8. The van der Waals surface area contributed by atoms with Gasteiger partial charge in [-0.05, 0) is 26.2 Å². The zero-order valence-corrected chi connectivity index (χ0v) is 9.15. The Balaban J connectivity index is 3.45. The van der Waals surface area contributed by atoms with E-state index in [0.717, 1.165) is 19.3 Å². The number of carbonyl (C=O) groups excluding carboxylic acids is 1. The van der Waals surface area contributed by atoms with Crippen molar-refractivity contribution in [2.45, 2.75) is 44.9 Å². The number of Topliss-reactive ketones (excluding diaryl/α,β-unsaturated/α-hetero) is 1. The summed E-state index contributed by atoms with van der Waals surface area (Å²) in [5, 5.41) is 0. The summed E-state index contributed by atoms with van der Waals surface area (Å²) in [6.07, 6.45) is 3.26. The van der Waals surface area contributed by atoms with Gasteiger partial charge in [0.05, 0.1) is 0 Å². The fraction of sp³-hybridized carbons (Fsp3) is 0.889. The van der Waals surface area contributed by atoms with Crippen molar-refractivity contribution in [3.05, 3.63) is 0 Å². The molecule has 11 heavy (non-hydrogen) atoms. The van der Waals surface area contributed by atoms with E-state index in [0.29, 0.717) is 10.6 Å². The maximum Gasteiger partial charge on any atom is 0.132 e. The summed E-state index contributed by atoms with van der Waals surface area (Å²) in [4.78, 5) is 11.4. The number of carbonyl (C=O) groups is 1. The van der Waals surface area contributed by atoms with E-state index in [4.69, 9.17) is 0 Å². The Morgan fingerprint density at radius 2 is 2.00 bits per heavy atom. The van der Waals surface area contributed by atoms with E-state index in [1.807, 2.05) is 6.92 Å². The van der Waals surface area contributed by atoms with E-state index in [1.165, 1.54) is 0 Å². The Bertz CT molecular complexity index is 123. The first-order chi connectivity index (χ1) is 5.07. The summed E-state index contributed by atoms with van der Waals surface area (Å²) >= 11 is 3.54. The maximum atomic E-state index is 10.8. The largest absolute Gasteiger partial charge is 0.300 e. The van der Waals surface area contributed by atoms with E-state index < -0.39 is 0 Å². The van der Waals surface area contributed by atoms with Crippen LogP contribution in [0, 0.1) is 5.92 Å². The van der Waals surface area contributed by atoms with Gasteiger partial charge in [0, 0.05) is 10.7 Å². The third-order valence-electron chi connectivity index (χ3n) is 2.05. The van der Waals surface area contributed by atoms with Crippen molar-refractivity contribution in [1.82, 2.24) is 0 Å². The summed E-state index contributed by atoms with van der Waals surface area (Å²) < 4.78 is 0. The molecule has 0 saturated carbocycles. The molecule has 0 fully saturated rings. The highest BCUT2D eigenvalue weighted by molar-refractivity contribution is 9.09. The van der Waals surface area contributed by atoms with Crippen molar-refractivity contribution in [3.8, 4) is 0 Å². The molecule has 0 aromatic carbocycles. The minimum atomic E-state index is 0.238. The van der Waals surface area contributed by atoms with Crippen LogP contribution in [0.3, 0.4) is 0 Å². The smallest absolute Gasteiger partial charge is 0.132 e. The molecule has 0 amide bonds. The number of hydrogen-bond acceptors (Lipinski definition) is 1. The first kappa shape index (κ1) is 11.2. The molecule has 0 rings (SSSR count). The zero-order valence-electron chi connectivity index (χ0n) is 7.56. The van der Waals surface area contributed by atoms with Crippen LogP contribution in [0.1, 0.15) is 40.0 Å². The van der Waals surface area contributed by atoms with Crippen molar-refractivity contribution in [2.75, 3.05) is 0 Å². The van der Waals surface area contributed by atoms with E-state index >= 15 is 0 Å². The third-order valence-corrected chi connectivity index (χ3v) is 3.16. The molecule has 0 N–H and O–H groups in total. The molecule has 0 spiro atoms. The van der Waals surface area contributed by atoms with Crippen molar-refractivity contribution < 1.29 is 4.79 Å². The zero-order chi connectivity index (χ0) is 8.85. The first-order valence-corrected chi connectivity index (χ1v) is 5.14. The summed E-state index contributed by atoms with van der Waals surface area (Å²) in [5.41, 5.74) is 0. The highest BCUT2D eigenvalue weighted by Gasteiger charge is 2.09. The number of alkyl halides is 1. The molecule has 0 aromatic rings. The second kappa shape index (κ2) is 5.76. The quantitative estimate of drug-likeness (QED) is 0.651. The molecule has 0 aliphatic carbocycles. The van der Waals surface area contributed by atoms with Crippen molar-refractivity contribution in [1.29, 1.82) is 0 Å². The van der Waals surface area contributed by atoms with Gasteiger partial charge >= 0.3 is 0 Å². The Labute approximate surface area is 77.7 Å². The lowest BCUT2D eigenvalue weighted by molar-refractivity contribution is -0.120. The molecule has 2 unspecified atom stereocenters. The SMILES string of the molecule is CCC(Br)CCC(C)C(C)=O. The van der Waals surface area contributed by atoms with Crippen LogP contribution >= 0.6 is 15.9 Å². The normalized spacial score (nSPS) is 16.0. The number of hydrogen-bond donors (Lipinski definition) is 0. The van der Waals surface area contributed by atoms with Gasteiger partial charge in [0.1, 0.15) is 5.78 Å². The van der Waals surface area contributed by atoms with Gasteiger partial charge in [0.15, 0.2) is 0 Å². The highest BCUT2D eigenvalue weighted by atomic mass is 79.9.